The lowest BCUT2D eigenvalue weighted by molar-refractivity contribution is -1.09. The Morgan fingerprint density at radius 2 is 1.75 bits per heavy atom. The molecule has 12 heavy (non-hydrogen) atoms. The third kappa shape index (κ3) is 2.92. The summed E-state index contributed by atoms with van der Waals surface area (Å²) in [6, 6.07) is 0. The first kappa shape index (κ1) is 12.2. The summed E-state index contributed by atoms with van der Waals surface area (Å²) in [5.41, 5.74) is 0. The van der Waals surface area contributed by atoms with Crippen molar-refractivity contribution in [2.75, 3.05) is 26.2 Å². The summed E-state index contributed by atoms with van der Waals surface area (Å²) < 4.78 is 0.938. The highest BCUT2D eigenvalue weighted by Crippen LogP contribution is 2.18. The van der Waals surface area contributed by atoms with E-state index in [0.29, 0.717) is 0 Å². The van der Waals surface area contributed by atoms with Crippen LogP contribution < -0.4 is 12.4 Å². The Labute approximate surface area is 81.8 Å². The molecule has 2 nitrogen and oxygen atoms in total. The van der Waals surface area contributed by atoms with Crippen LogP contribution in [-0.2, 0) is 4.84 Å². The molecule has 0 aliphatic carbocycles. The van der Waals surface area contributed by atoms with E-state index >= 15 is 0 Å². The molecular formula is C9H20ClNO. The molecule has 0 N–H and O–H groups in total. The molecule has 0 aromatic rings. The quantitative estimate of drug-likeness (QED) is 0.519. The van der Waals surface area contributed by atoms with E-state index in [4.69, 9.17) is 4.84 Å². The van der Waals surface area contributed by atoms with Crippen molar-refractivity contribution in [3.8, 4) is 0 Å². The topological polar surface area (TPSA) is 9.23 Å². The smallest absolute Gasteiger partial charge is 0.112 e. The van der Waals surface area contributed by atoms with Gasteiger partial charge in [0.25, 0.3) is 0 Å². The molecule has 3 heteroatoms. The van der Waals surface area contributed by atoms with Crippen molar-refractivity contribution in [3.63, 3.8) is 0 Å². The maximum atomic E-state index is 5.76. The van der Waals surface area contributed by atoms with E-state index in [9.17, 15) is 0 Å². The van der Waals surface area contributed by atoms with Gasteiger partial charge in [0.05, 0.1) is 0 Å². The minimum Gasteiger partial charge on any atom is -1.00 e. The first-order valence-corrected chi connectivity index (χ1v) is 4.83. The maximum absolute atomic E-state index is 5.76. The van der Waals surface area contributed by atoms with Crippen LogP contribution in [0.4, 0.5) is 0 Å². The van der Waals surface area contributed by atoms with Crippen molar-refractivity contribution in [3.05, 3.63) is 0 Å². The average molecular weight is 194 g/mol. The normalized spacial score (nSPS) is 20.5. The number of rotatable bonds is 4. The van der Waals surface area contributed by atoms with Crippen molar-refractivity contribution >= 4 is 0 Å². The second-order valence-corrected chi connectivity index (χ2v) is 3.42. The van der Waals surface area contributed by atoms with Crippen LogP contribution in [0.1, 0.15) is 33.1 Å². The van der Waals surface area contributed by atoms with Gasteiger partial charge in [-0.25, -0.2) is 4.84 Å². The fourth-order valence-corrected chi connectivity index (χ4v) is 1.95. The van der Waals surface area contributed by atoms with Gasteiger partial charge in [-0.2, -0.15) is 4.65 Å². The monoisotopic (exact) mass is 193 g/mol. The summed E-state index contributed by atoms with van der Waals surface area (Å²) in [4.78, 5) is 5.76. The van der Waals surface area contributed by atoms with E-state index in [2.05, 4.69) is 13.8 Å². The van der Waals surface area contributed by atoms with E-state index in [-0.39, 0.29) is 12.4 Å². The molecule has 1 fully saturated rings. The first-order valence-electron chi connectivity index (χ1n) is 4.83. The molecule has 0 radical (unpaired) electrons. The molecule has 1 heterocycles. The molecule has 1 rings (SSSR count). The number of hydroxylamine groups is 3. The Morgan fingerprint density at radius 1 is 1.17 bits per heavy atom. The Bertz CT molecular complexity index is 105. The minimum atomic E-state index is 0. The van der Waals surface area contributed by atoms with Crippen molar-refractivity contribution in [1.82, 2.24) is 0 Å². The SMILES string of the molecule is CCC[N+]1(CCC)CCCO1.[Cl-]. The standard InChI is InChI=1S/C9H20NO.ClH/c1-3-6-10(7-4-2)8-5-9-11-10;/h3-9H2,1-2H3;1H/q+1;/p-1. The van der Waals surface area contributed by atoms with Gasteiger partial charge in [0, 0.05) is 6.42 Å². The second-order valence-electron chi connectivity index (χ2n) is 3.42. The van der Waals surface area contributed by atoms with Crippen LogP contribution in [0.5, 0.6) is 0 Å². The van der Waals surface area contributed by atoms with Crippen LogP contribution in [-0.4, -0.2) is 30.9 Å². The predicted molar refractivity (Wildman–Crippen MR) is 46.0 cm³/mol. The lowest BCUT2D eigenvalue weighted by Gasteiger charge is -2.29. The van der Waals surface area contributed by atoms with Crippen molar-refractivity contribution in [1.29, 1.82) is 0 Å². The maximum Gasteiger partial charge on any atom is 0.112 e. The fourth-order valence-electron chi connectivity index (χ4n) is 1.95. The van der Waals surface area contributed by atoms with Gasteiger partial charge in [0.15, 0.2) is 0 Å². The second kappa shape index (κ2) is 5.79. The Kier molecular flexibility index (Phi) is 5.89. The third-order valence-electron chi connectivity index (χ3n) is 2.34. The summed E-state index contributed by atoms with van der Waals surface area (Å²) in [6.07, 6.45) is 3.72. The lowest BCUT2D eigenvalue weighted by atomic mass is 10.3. The molecule has 0 unspecified atom stereocenters. The molecule has 0 atom stereocenters. The highest BCUT2D eigenvalue weighted by Gasteiger charge is 2.32. The van der Waals surface area contributed by atoms with Crippen molar-refractivity contribution in [2.45, 2.75) is 33.1 Å². The summed E-state index contributed by atoms with van der Waals surface area (Å²) in [5.74, 6) is 0. The number of quaternary nitrogens is 1. The Hall–Kier alpha value is 0.210. The van der Waals surface area contributed by atoms with E-state index in [0.717, 1.165) is 11.3 Å². The predicted octanol–water partition coefficient (Wildman–Crippen LogP) is -1.04. The van der Waals surface area contributed by atoms with Gasteiger partial charge in [-0.1, -0.05) is 13.8 Å². The first-order chi connectivity index (χ1) is 5.33. The molecule has 0 saturated carbocycles. The van der Waals surface area contributed by atoms with Gasteiger partial charge >= 0.3 is 0 Å². The molecule has 0 amide bonds. The molecular weight excluding hydrogens is 174 g/mol. The van der Waals surface area contributed by atoms with Gasteiger partial charge in [0.1, 0.15) is 26.2 Å². The van der Waals surface area contributed by atoms with Gasteiger partial charge in [-0.05, 0) is 12.8 Å². The summed E-state index contributed by atoms with van der Waals surface area (Å²) in [7, 11) is 0. The number of nitrogens with zero attached hydrogens (tertiary/aromatic N) is 1. The van der Waals surface area contributed by atoms with Crippen molar-refractivity contribution in [2.24, 2.45) is 0 Å². The Morgan fingerprint density at radius 3 is 2.08 bits per heavy atom. The van der Waals surface area contributed by atoms with E-state index in [1.807, 2.05) is 0 Å². The molecule has 0 spiro atoms. The van der Waals surface area contributed by atoms with E-state index in [1.165, 1.54) is 38.9 Å². The Balaban J connectivity index is 0.00000121. The summed E-state index contributed by atoms with van der Waals surface area (Å²) in [6.45, 7) is 9.08. The molecule has 1 aliphatic rings. The molecule has 1 saturated heterocycles. The van der Waals surface area contributed by atoms with Gasteiger partial charge in [0.2, 0.25) is 0 Å². The molecule has 1 aliphatic heterocycles. The van der Waals surface area contributed by atoms with Crippen LogP contribution in [0.2, 0.25) is 0 Å². The van der Waals surface area contributed by atoms with Crippen molar-refractivity contribution < 1.29 is 21.9 Å². The van der Waals surface area contributed by atoms with Gasteiger partial charge in [-0.15, -0.1) is 0 Å². The molecule has 0 aromatic carbocycles. The lowest BCUT2D eigenvalue weighted by Crippen LogP contribution is -3.00. The largest absolute Gasteiger partial charge is 1.00 e. The molecule has 74 valence electrons. The molecule has 0 bridgehead atoms. The van der Waals surface area contributed by atoms with Gasteiger partial charge < -0.3 is 12.4 Å². The van der Waals surface area contributed by atoms with Crippen LogP contribution in [0.25, 0.3) is 0 Å². The highest BCUT2D eigenvalue weighted by molar-refractivity contribution is 4.43. The zero-order chi connectivity index (χ0) is 8.16. The van der Waals surface area contributed by atoms with E-state index in [1.54, 1.807) is 0 Å². The number of hydrogen-bond donors (Lipinski definition) is 0. The third-order valence-corrected chi connectivity index (χ3v) is 2.34. The van der Waals surface area contributed by atoms with Crippen LogP contribution in [0.15, 0.2) is 0 Å². The highest BCUT2D eigenvalue weighted by atomic mass is 35.5. The average Bonchev–Trinajstić information content (AvgIpc) is 2.39. The number of halogens is 1. The van der Waals surface area contributed by atoms with Crippen LogP contribution in [0.3, 0.4) is 0 Å². The minimum absolute atomic E-state index is 0. The summed E-state index contributed by atoms with van der Waals surface area (Å²) >= 11 is 0. The number of hydrogen-bond acceptors (Lipinski definition) is 1. The zero-order valence-electron chi connectivity index (χ0n) is 8.18. The fraction of sp³-hybridized carbons (Fsp3) is 1.00. The summed E-state index contributed by atoms with van der Waals surface area (Å²) in [5, 5.41) is 0. The van der Waals surface area contributed by atoms with Crippen LogP contribution in [0, 0.1) is 0 Å². The molecule has 0 aromatic heterocycles. The van der Waals surface area contributed by atoms with Gasteiger partial charge in [-0.3, -0.25) is 0 Å². The zero-order valence-corrected chi connectivity index (χ0v) is 8.94. The van der Waals surface area contributed by atoms with E-state index < -0.39 is 0 Å². The van der Waals surface area contributed by atoms with Crippen LogP contribution >= 0.6 is 0 Å².